The van der Waals surface area contributed by atoms with E-state index >= 15 is 0 Å². The van der Waals surface area contributed by atoms with Crippen LogP contribution in [0.25, 0.3) is 0 Å². The molecule has 0 spiro atoms. The van der Waals surface area contributed by atoms with Gasteiger partial charge in [0.2, 0.25) is 0 Å². The Hall–Kier alpha value is -2.67. The topological polar surface area (TPSA) is 71.1 Å². The molecule has 0 radical (unpaired) electrons. The van der Waals surface area contributed by atoms with Gasteiger partial charge in [0.1, 0.15) is 5.75 Å². The molecule has 0 bridgehead atoms. The van der Waals surface area contributed by atoms with Crippen molar-refractivity contribution in [2.45, 2.75) is 0 Å². The van der Waals surface area contributed by atoms with E-state index in [1.807, 2.05) is 24.3 Å². The Kier molecular flexibility index (Phi) is 3.35. The largest absolute Gasteiger partial charge is 0.495 e. The second-order valence-electron chi connectivity index (χ2n) is 3.74. The van der Waals surface area contributed by atoms with Crippen molar-refractivity contribution >= 4 is 17.1 Å². The van der Waals surface area contributed by atoms with Crippen LogP contribution >= 0.6 is 0 Å². The van der Waals surface area contributed by atoms with E-state index in [9.17, 15) is 0 Å². The normalized spacial score (nSPS) is 9.56. The van der Waals surface area contributed by atoms with Crippen molar-refractivity contribution in [3.05, 3.63) is 48.0 Å². The minimum absolute atomic E-state index is 0.560. The molecule has 2 aromatic rings. The van der Waals surface area contributed by atoms with Crippen LogP contribution in [-0.4, -0.2) is 7.11 Å². The standard InChI is InChI=1S/C14H13N3O/c1-18-13-4-2-3-12(14(13)16)17-11-7-5-10(9-15)6-8-11/h2-8,17H,16H2,1H3. The summed E-state index contributed by atoms with van der Waals surface area (Å²) in [7, 11) is 1.58. The van der Waals surface area contributed by atoms with E-state index in [1.165, 1.54) is 0 Å². The summed E-state index contributed by atoms with van der Waals surface area (Å²) < 4.78 is 5.15. The zero-order chi connectivity index (χ0) is 13.0. The van der Waals surface area contributed by atoms with Gasteiger partial charge in [0.25, 0.3) is 0 Å². The molecule has 0 aromatic heterocycles. The van der Waals surface area contributed by atoms with Gasteiger partial charge in [-0.1, -0.05) is 6.07 Å². The van der Waals surface area contributed by atoms with E-state index in [-0.39, 0.29) is 0 Å². The molecule has 0 fully saturated rings. The molecule has 18 heavy (non-hydrogen) atoms. The highest BCUT2D eigenvalue weighted by molar-refractivity contribution is 5.77. The van der Waals surface area contributed by atoms with Crippen LogP contribution in [0.4, 0.5) is 17.1 Å². The van der Waals surface area contributed by atoms with E-state index in [1.54, 1.807) is 25.3 Å². The zero-order valence-electron chi connectivity index (χ0n) is 9.97. The van der Waals surface area contributed by atoms with E-state index in [0.29, 0.717) is 17.0 Å². The fourth-order valence-corrected chi connectivity index (χ4v) is 1.61. The van der Waals surface area contributed by atoms with Crippen molar-refractivity contribution in [1.82, 2.24) is 0 Å². The lowest BCUT2D eigenvalue weighted by molar-refractivity contribution is 0.417. The number of nitrogens with zero attached hydrogens (tertiary/aromatic N) is 1. The highest BCUT2D eigenvalue weighted by atomic mass is 16.5. The van der Waals surface area contributed by atoms with E-state index in [2.05, 4.69) is 11.4 Å². The van der Waals surface area contributed by atoms with Crippen LogP contribution < -0.4 is 15.8 Å². The molecule has 3 N–H and O–H groups in total. The second-order valence-corrected chi connectivity index (χ2v) is 3.74. The first-order valence-electron chi connectivity index (χ1n) is 5.44. The van der Waals surface area contributed by atoms with Gasteiger partial charge in [-0.05, 0) is 36.4 Å². The van der Waals surface area contributed by atoms with Crippen molar-refractivity contribution < 1.29 is 4.74 Å². The lowest BCUT2D eigenvalue weighted by Gasteiger charge is -2.12. The summed E-state index contributed by atoms with van der Waals surface area (Å²) in [4.78, 5) is 0. The van der Waals surface area contributed by atoms with Crippen LogP contribution in [0.5, 0.6) is 5.75 Å². The summed E-state index contributed by atoms with van der Waals surface area (Å²) in [5.74, 6) is 0.633. The lowest BCUT2D eigenvalue weighted by Crippen LogP contribution is -1.98. The third kappa shape index (κ3) is 2.36. The van der Waals surface area contributed by atoms with Crippen LogP contribution in [0.3, 0.4) is 0 Å². The summed E-state index contributed by atoms with van der Waals surface area (Å²) in [6.07, 6.45) is 0. The zero-order valence-corrected chi connectivity index (χ0v) is 9.97. The highest BCUT2D eigenvalue weighted by Crippen LogP contribution is 2.31. The number of methoxy groups -OCH3 is 1. The third-order valence-corrected chi connectivity index (χ3v) is 2.58. The maximum atomic E-state index is 8.72. The smallest absolute Gasteiger partial charge is 0.143 e. The average Bonchev–Trinajstić information content (AvgIpc) is 2.42. The number of rotatable bonds is 3. The van der Waals surface area contributed by atoms with Gasteiger partial charge in [0, 0.05) is 5.69 Å². The molecular formula is C14H13N3O. The minimum atomic E-state index is 0.560. The van der Waals surface area contributed by atoms with Gasteiger partial charge in [-0.15, -0.1) is 0 Å². The monoisotopic (exact) mass is 239 g/mol. The number of nitrogen functional groups attached to an aromatic ring is 1. The number of hydrogen-bond acceptors (Lipinski definition) is 4. The Labute approximate surface area is 106 Å². The Balaban J connectivity index is 2.26. The Morgan fingerprint density at radius 3 is 2.50 bits per heavy atom. The maximum Gasteiger partial charge on any atom is 0.143 e. The first-order valence-corrected chi connectivity index (χ1v) is 5.44. The quantitative estimate of drug-likeness (QED) is 0.808. The number of nitrogens with one attached hydrogen (secondary N) is 1. The molecule has 2 aromatic carbocycles. The van der Waals surface area contributed by atoms with Gasteiger partial charge in [-0.25, -0.2) is 0 Å². The number of nitrogens with two attached hydrogens (primary N) is 1. The first kappa shape index (κ1) is 11.8. The summed E-state index contributed by atoms with van der Waals surface area (Å²) in [5.41, 5.74) is 8.79. The molecule has 0 heterocycles. The average molecular weight is 239 g/mol. The third-order valence-electron chi connectivity index (χ3n) is 2.58. The van der Waals surface area contributed by atoms with E-state index < -0.39 is 0 Å². The predicted molar refractivity (Wildman–Crippen MR) is 71.8 cm³/mol. The molecule has 4 nitrogen and oxygen atoms in total. The number of anilines is 3. The fourth-order valence-electron chi connectivity index (χ4n) is 1.61. The van der Waals surface area contributed by atoms with E-state index in [0.717, 1.165) is 11.4 Å². The predicted octanol–water partition coefficient (Wildman–Crippen LogP) is 2.89. The summed E-state index contributed by atoms with van der Waals surface area (Å²) in [6, 6.07) is 14.8. The van der Waals surface area contributed by atoms with Crippen molar-refractivity contribution in [3.63, 3.8) is 0 Å². The van der Waals surface area contributed by atoms with Crippen LogP contribution in [0.1, 0.15) is 5.56 Å². The number of ether oxygens (including phenoxy) is 1. The maximum absolute atomic E-state index is 8.72. The van der Waals surface area contributed by atoms with Gasteiger partial charge in [-0.2, -0.15) is 5.26 Å². The van der Waals surface area contributed by atoms with Crippen LogP contribution in [0, 0.1) is 11.3 Å². The lowest BCUT2D eigenvalue weighted by atomic mass is 10.2. The molecule has 0 saturated heterocycles. The molecule has 0 unspecified atom stereocenters. The molecule has 90 valence electrons. The number of nitriles is 1. The van der Waals surface area contributed by atoms with Crippen molar-refractivity contribution in [2.75, 3.05) is 18.2 Å². The Bertz CT molecular complexity index is 585. The van der Waals surface area contributed by atoms with Gasteiger partial charge < -0.3 is 15.8 Å². The second kappa shape index (κ2) is 5.11. The first-order chi connectivity index (χ1) is 8.74. The molecule has 0 saturated carbocycles. The van der Waals surface area contributed by atoms with Crippen molar-refractivity contribution in [3.8, 4) is 11.8 Å². The summed E-state index contributed by atoms with van der Waals surface area (Å²) in [5, 5.41) is 11.9. The van der Waals surface area contributed by atoms with Crippen LogP contribution in [0.2, 0.25) is 0 Å². The molecule has 0 atom stereocenters. The van der Waals surface area contributed by atoms with Gasteiger partial charge >= 0.3 is 0 Å². The molecule has 2 rings (SSSR count). The van der Waals surface area contributed by atoms with Crippen molar-refractivity contribution in [2.24, 2.45) is 0 Å². The molecular weight excluding hydrogens is 226 g/mol. The Morgan fingerprint density at radius 2 is 1.89 bits per heavy atom. The summed E-state index contributed by atoms with van der Waals surface area (Å²) in [6.45, 7) is 0. The summed E-state index contributed by atoms with van der Waals surface area (Å²) >= 11 is 0. The van der Waals surface area contributed by atoms with Crippen LogP contribution in [0.15, 0.2) is 42.5 Å². The number of benzene rings is 2. The van der Waals surface area contributed by atoms with Gasteiger partial charge in [0.05, 0.1) is 30.1 Å². The number of hydrogen-bond donors (Lipinski definition) is 2. The molecule has 4 heteroatoms. The SMILES string of the molecule is COc1cccc(Nc2ccc(C#N)cc2)c1N. The highest BCUT2D eigenvalue weighted by Gasteiger charge is 2.05. The van der Waals surface area contributed by atoms with E-state index in [4.69, 9.17) is 15.7 Å². The Morgan fingerprint density at radius 1 is 1.17 bits per heavy atom. The van der Waals surface area contributed by atoms with Gasteiger partial charge in [0.15, 0.2) is 0 Å². The van der Waals surface area contributed by atoms with Crippen LogP contribution in [-0.2, 0) is 0 Å². The molecule has 0 aliphatic carbocycles. The molecule has 0 aliphatic heterocycles. The van der Waals surface area contributed by atoms with Gasteiger partial charge in [-0.3, -0.25) is 0 Å². The minimum Gasteiger partial charge on any atom is -0.495 e. The molecule has 0 amide bonds. The fraction of sp³-hybridized carbons (Fsp3) is 0.0714. The van der Waals surface area contributed by atoms with Crippen molar-refractivity contribution in [1.29, 1.82) is 5.26 Å². The number of para-hydroxylation sites is 1. The molecule has 0 aliphatic rings.